The van der Waals surface area contributed by atoms with Gasteiger partial charge in [0, 0.05) is 12.5 Å². The van der Waals surface area contributed by atoms with Crippen LogP contribution in [0.15, 0.2) is 18.2 Å². The number of ketones is 1. The number of Topliss-reactive ketones (excluding diaryl/α,β-unsaturated/α-hetero) is 1. The average molecular weight is 263 g/mol. The first kappa shape index (κ1) is 12.3. The van der Waals surface area contributed by atoms with Crippen molar-refractivity contribution in [2.75, 3.05) is 19.9 Å². The summed E-state index contributed by atoms with van der Waals surface area (Å²) in [4.78, 5) is 11.8. The monoisotopic (exact) mass is 263 g/mol. The maximum Gasteiger partial charge on any atom is 0.231 e. The number of hydrogen-bond donors (Lipinski definition) is 1. The first-order valence-electron chi connectivity index (χ1n) is 6.61. The number of carbonyl (C=O) groups is 1. The molecular formula is C14H17NO4. The van der Waals surface area contributed by atoms with Crippen molar-refractivity contribution in [2.24, 2.45) is 0 Å². The smallest absolute Gasteiger partial charge is 0.231 e. The summed E-state index contributed by atoms with van der Waals surface area (Å²) in [5, 5.41) is 3.20. The molecule has 3 rings (SSSR count). The van der Waals surface area contributed by atoms with E-state index in [0.29, 0.717) is 24.5 Å². The van der Waals surface area contributed by atoms with Gasteiger partial charge in [-0.25, -0.2) is 0 Å². The standard InChI is InChI=1S/C14H17NO4/c16-12(11-2-1-6-15-11)5-7-17-10-3-4-13-14(8-10)19-9-18-13/h3-4,8,11,15H,1-2,5-7,9H2. The molecule has 2 aliphatic heterocycles. The molecule has 1 aromatic carbocycles. The molecule has 19 heavy (non-hydrogen) atoms. The zero-order chi connectivity index (χ0) is 13.1. The van der Waals surface area contributed by atoms with Crippen LogP contribution in [-0.2, 0) is 4.79 Å². The lowest BCUT2D eigenvalue weighted by Gasteiger charge is -2.10. The van der Waals surface area contributed by atoms with Crippen LogP contribution in [0.5, 0.6) is 17.2 Å². The van der Waals surface area contributed by atoms with Crippen LogP contribution in [0.3, 0.4) is 0 Å². The Morgan fingerprint density at radius 1 is 1.37 bits per heavy atom. The van der Waals surface area contributed by atoms with Gasteiger partial charge in [-0.05, 0) is 31.5 Å². The fourth-order valence-electron chi connectivity index (χ4n) is 2.37. The molecule has 5 nitrogen and oxygen atoms in total. The summed E-state index contributed by atoms with van der Waals surface area (Å²) in [5.41, 5.74) is 0. The Kier molecular flexibility index (Phi) is 3.55. The van der Waals surface area contributed by atoms with E-state index in [2.05, 4.69) is 5.32 Å². The Bertz CT molecular complexity index is 469. The van der Waals surface area contributed by atoms with E-state index in [1.807, 2.05) is 12.1 Å². The first-order chi connectivity index (χ1) is 9.33. The normalized spacial score (nSPS) is 20.5. The second-order valence-electron chi connectivity index (χ2n) is 4.73. The molecule has 1 fully saturated rings. The molecule has 102 valence electrons. The molecule has 0 aromatic heterocycles. The van der Waals surface area contributed by atoms with Crippen molar-refractivity contribution in [3.05, 3.63) is 18.2 Å². The van der Waals surface area contributed by atoms with Gasteiger partial charge in [0.05, 0.1) is 12.6 Å². The number of benzene rings is 1. The summed E-state index contributed by atoms with van der Waals surface area (Å²) in [6, 6.07) is 5.46. The second-order valence-corrected chi connectivity index (χ2v) is 4.73. The Morgan fingerprint density at radius 2 is 2.26 bits per heavy atom. The van der Waals surface area contributed by atoms with E-state index >= 15 is 0 Å². The largest absolute Gasteiger partial charge is 0.493 e. The van der Waals surface area contributed by atoms with Crippen molar-refractivity contribution in [1.82, 2.24) is 5.32 Å². The Morgan fingerprint density at radius 3 is 3.11 bits per heavy atom. The van der Waals surface area contributed by atoms with Gasteiger partial charge < -0.3 is 19.5 Å². The minimum Gasteiger partial charge on any atom is -0.493 e. The van der Waals surface area contributed by atoms with E-state index in [0.717, 1.165) is 25.1 Å². The SMILES string of the molecule is O=C(CCOc1ccc2c(c1)OCO2)C1CCCN1. The number of fused-ring (bicyclic) bond motifs is 1. The van der Waals surface area contributed by atoms with E-state index in [9.17, 15) is 4.79 Å². The average Bonchev–Trinajstić information content (AvgIpc) is 3.09. The van der Waals surface area contributed by atoms with E-state index in [4.69, 9.17) is 14.2 Å². The molecule has 1 atom stereocenters. The summed E-state index contributed by atoms with van der Waals surface area (Å²) in [6.45, 7) is 1.60. The van der Waals surface area contributed by atoms with E-state index in [-0.39, 0.29) is 18.6 Å². The molecule has 1 saturated heterocycles. The summed E-state index contributed by atoms with van der Waals surface area (Å²) in [5.74, 6) is 2.37. The van der Waals surface area contributed by atoms with Crippen molar-refractivity contribution in [3.63, 3.8) is 0 Å². The first-order valence-corrected chi connectivity index (χ1v) is 6.61. The molecule has 0 saturated carbocycles. The van der Waals surface area contributed by atoms with Crippen LogP contribution in [-0.4, -0.2) is 31.8 Å². The lowest BCUT2D eigenvalue weighted by molar-refractivity contribution is -0.121. The van der Waals surface area contributed by atoms with Gasteiger partial charge in [-0.2, -0.15) is 0 Å². The summed E-state index contributed by atoms with van der Waals surface area (Å²) in [6.07, 6.45) is 2.47. The molecule has 1 unspecified atom stereocenters. The van der Waals surface area contributed by atoms with Crippen LogP contribution in [0.2, 0.25) is 0 Å². The predicted octanol–water partition coefficient (Wildman–Crippen LogP) is 1.51. The number of nitrogens with one attached hydrogen (secondary N) is 1. The minimum absolute atomic E-state index is 0.0281. The van der Waals surface area contributed by atoms with E-state index in [1.165, 1.54) is 0 Å². The van der Waals surface area contributed by atoms with Crippen LogP contribution < -0.4 is 19.5 Å². The minimum atomic E-state index is 0.0281. The Balaban J connectivity index is 1.48. The zero-order valence-corrected chi connectivity index (χ0v) is 10.7. The van der Waals surface area contributed by atoms with Gasteiger partial charge in [0.15, 0.2) is 17.3 Å². The summed E-state index contributed by atoms with van der Waals surface area (Å²) >= 11 is 0. The molecular weight excluding hydrogens is 246 g/mol. The van der Waals surface area contributed by atoms with Gasteiger partial charge in [-0.1, -0.05) is 0 Å². The molecule has 0 spiro atoms. The highest BCUT2D eigenvalue weighted by Crippen LogP contribution is 2.35. The van der Waals surface area contributed by atoms with E-state index < -0.39 is 0 Å². The highest BCUT2D eigenvalue weighted by atomic mass is 16.7. The molecule has 0 bridgehead atoms. The van der Waals surface area contributed by atoms with Gasteiger partial charge in [-0.3, -0.25) is 4.79 Å². The van der Waals surface area contributed by atoms with E-state index in [1.54, 1.807) is 6.07 Å². The third-order valence-corrected chi connectivity index (χ3v) is 3.41. The molecule has 0 amide bonds. The molecule has 0 aliphatic carbocycles. The Hall–Kier alpha value is -1.75. The number of ether oxygens (including phenoxy) is 3. The molecule has 0 radical (unpaired) electrons. The second kappa shape index (κ2) is 5.48. The highest BCUT2D eigenvalue weighted by molar-refractivity contribution is 5.84. The molecule has 2 aliphatic rings. The molecule has 1 N–H and O–H groups in total. The predicted molar refractivity (Wildman–Crippen MR) is 68.7 cm³/mol. The van der Waals surface area contributed by atoms with Gasteiger partial charge >= 0.3 is 0 Å². The van der Waals surface area contributed by atoms with Gasteiger partial charge in [0.25, 0.3) is 0 Å². The van der Waals surface area contributed by atoms with Crippen LogP contribution in [0.4, 0.5) is 0 Å². The van der Waals surface area contributed by atoms with Crippen LogP contribution in [0.25, 0.3) is 0 Å². The van der Waals surface area contributed by atoms with Crippen LogP contribution in [0.1, 0.15) is 19.3 Å². The third kappa shape index (κ3) is 2.81. The van der Waals surface area contributed by atoms with Crippen molar-refractivity contribution in [2.45, 2.75) is 25.3 Å². The quantitative estimate of drug-likeness (QED) is 0.872. The zero-order valence-electron chi connectivity index (χ0n) is 10.7. The highest BCUT2D eigenvalue weighted by Gasteiger charge is 2.21. The number of carbonyl (C=O) groups excluding carboxylic acids is 1. The third-order valence-electron chi connectivity index (χ3n) is 3.41. The van der Waals surface area contributed by atoms with Gasteiger partial charge in [0.1, 0.15) is 5.75 Å². The van der Waals surface area contributed by atoms with Crippen molar-refractivity contribution >= 4 is 5.78 Å². The molecule has 2 heterocycles. The van der Waals surface area contributed by atoms with Crippen LogP contribution >= 0.6 is 0 Å². The van der Waals surface area contributed by atoms with Crippen molar-refractivity contribution in [1.29, 1.82) is 0 Å². The number of hydrogen-bond acceptors (Lipinski definition) is 5. The lowest BCUT2D eigenvalue weighted by Crippen LogP contribution is -2.31. The fourth-order valence-corrected chi connectivity index (χ4v) is 2.37. The van der Waals surface area contributed by atoms with Gasteiger partial charge in [0.2, 0.25) is 6.79 Å². The van der Waals surface area contributed by atoms with Crippen molar-refractivity contribution < 1.29 is 19.0 Å². The topological polar surface area (TPSA) is 56.8 Å². The maximum atomic E-state index is 11.8. The maximum absolute atomic E-state index is 11.8. The molecule has 1 aromatic rings. The number of rotatable bonds is 5. The fraction of sp³-hybridized carbons (Fsp3) is 0.500. The Labute approximate surface area is 111 Å². The van der Waals surface area contributed by atoms with Crippen LogP contribution in [0, 0.1) is 0 Å². The summed E-state index contributed by atoms with van der Waals surface area (Å²) < 4.78 is 16.1. The summed E-state index contributed by atoms with van der Waals surface area (Å²) in [7, 11) is 0. The van der Waals surface area contributed by atoms with Crippen molar-refractivity contribution in [3.8, 4) is 17.2 Å². The molecule has 5 heteroatoms. The lowest BCUT2D eigenvalue weighted by atomic mass is 10.1. The van der Waals surface area contributed by atoms with Gasteiger partial charge in [-0.15, -0.1) is 0 Å².